The minimum absolute atomic E-state index is 0.0799. The number of carboxylic acid groups (broad SMARTS) is 1. The van der Waals surface area contributed by atoms with Gasteiger partial charge in [0.05, 0.1) is 5.56 Å². The zero-order chi connectivity index (χ0) is 14.9. The molecular weight excluding hydrogens is 263 g/mol. The van der Waals surface area contributed by atoms with Crippen molar-refractivity contribution in [2.24, 2.45) is 0 Å². The number of hydrogen-bond donors (Lipinski definition) is 1. The Morgan fingerprint density at radius 2 is 2.10 bits per heavy atom. The SMILES string of the molecule is CN(C)c1ccc(C(=O)N2CCC[C@@H]2C(=O)O)c(F)c1. The van der Waals surface area contributed by atoms with Crippen LogP contribution in [0.2, 0.25) is 0 Å². The highest BCUT2D eigenvalue weighted by Crippen LogP contribution is 2.23. The van der Waals surface area contributed by atoms with Gasteiger partial charge in [0.2, 0.25) is 0 Å². The maximum absolute atomic E-state index is 14.0. The number of nitrogens with zero attached hydrogens (tertiary/aromatic N) is 2. The molecule has 1 aromatic rings. The quantitative estimate of drug-likeness (QED) is 0.913. The molecular formula is C14H17FN2O3. The third kappa shape index (κ3) is 2.59. The summed E-state index contributed by atoms with van der Waals surface area (Å²) in [5.74, 6) is -2.23. The van der Waals surface area contributed by atoms with Crippen molar-refractivity contribution in [1.29, 1.82) is 0 Å². The predicted octanol–water partition coefficient (Wildman–Crippen LogP) is 1.58. The van der Waals surface area contributed by atoms with Crippen molar-refractivity contribution in [1.82, 2.24) is 4.90 Å². The van der Waals surface area contributed by atoms with Crippen LogP contribution in [0.25, 0.3) is 0 Å². The molecule has 1 aliphatic heterocycles. The molecule has 1 atom stereocenters. The third-order valence-electron chi connectivity index (χ3n) is 3.50. The van der Waals surface area contributed by atoms with Gasteiger partial charge in [-0.1, -0.05) is 0 Å². The molecule has 2 rings (SSSR count). The van der Waals surface area contributed by atoms with Crippen LogP contribution in [0.3, 0.4) is 0 Å². The highest BCUT2D eigenvalue weighted by Gasteiger charge is 2.35. The van der Waals surface area contributed by atoms with E-state index >= 15 is 0 Å². The number of halogens is 1. The largest absolute Gasteiger partial charge is 0.480 e. The van der Waals surface area contributed by atoms with E-state index in [1.165, 1.54) is 17.0 Å². The number of amides is 1. The normalized spacial score (nSPS) is 18.1. The standard InChI is InChI=1S/C14H17FN2O3/c1-16(2)9-5-6-10(11(15)8-9)13(18)17-7-3-4-12(17)14(19)20/h5-6,8,12H,3-4,7H2,1-2H3,(H,19,20)/t12-/m1/s1. The molecule has 0 saturated carbocycles. The van der Waals surface area contributed by atoms with Gasteiger partial charge >= 0.3 is 5.97 Å². The van der Waals surface area contributed by atoms with Crippen LogP contribution in [0.15, 0.2) is 18.2 Å². The number of benzene rings is 1. The first-order chi connectivity index (χ1) is 9.41. The molecule has 6 heteroatoms. The lowest BCUT2D eigenvalue weighted by Gasteiger charge is -2.22. The molecule has 1 aromatic carbocycles. The molecule has 0 bridgehead atoms. The van der Waals surface area contributed by atoms with Crippen LogP contribution < -0.4 is 4.90 Å². The lowest BCUT2D eigenvalue weighted by Crippen LogP contribution is -2.40. The van der Waals surface area contributed by atoms with Crippen LogP contribution >= 0.6 is 0 Å². The maximum atomic E-state index is 14.0. The summed E-state index contributed by atoms with van der Waals surface area (Å²) in [4.78, 5) is 26.3. The van der Waals surface area contributed by atoms with E-state index in [0.29, 0.717) is 25.1 Å². The Kier molecular flexibility index (Phi) is 3.92. The van der Waals surface area contributed by atoms with Gasteiger partial charge in [-0.15, -0.1) is 0 Å². The summed E-state index contributed by atoms with van der Waals surface area (Å²) < 4.78 is 14.0. The maximum Gasteiger partial charge on any atom is 0.326 e. The molecule has 1 N–H and O–H groups in total. The van der Waals surface area contributed by atoms with Crippen molar-refractivity contribution in [2.75, 3.05) is 25.5 Å². The zero-order valence-electron chi connectivity index (χ0n) is 11.5. The number of carboxylic acids is 1. The number of likely N-dealkylation sites (tertiary alicyclic amines) is 1. The molecule has 0 spiro atoms. The number of rotatable bonds is 3. The first-order valence-electron chi connectivity index (χ1n) is 6.42. The molecule has 1 fully saturated rings. The number of anilines is 1. The van der Waals surface area contributed by atoms with E-state index in [4.69, 9.17) is 5.11 Å². The van der Waals surface area contributed by atoms with Crippen LogP contribution in [0, 0.1) is 5.82 Å². The minimum atomic E-state index is -1.04. The van der Waals surface area contributed by atoms with E-state index in [9.17, 15) is 14.0 Å². The molecule has 1 aliphatic rings. The van der Waals surface area contributed by atoms with Crippen LogP contribution in [-0.4, -0.2) is 48.6 Å². The molecule has 20 heavy (non-hydrogen) atoms. The Hall–Kier alpha value is -2.11. The number of aliphatic carboxylic acids is 1. The summed E-state index contributed by atoms with van der Waals surface area (Å²) in [5, 5.41) is 9.07. The van der Waals surface area contributed by atoms with Crippen molar-refractivity contribution in [3.8, 4) is 0 Å². The lowest BCUT2D eigenvalue weighted by atomic mass is 10.1. The average molecular weight is 280 g/mol. The van der Waals surface area contributed by atoms with Crippen molar-refractivity contribution in [3.05, 3.63) is 29.6 Å². The van der Waals surface area contributed by atoms with Crippen molar-refractivity contribution >= 4 is 17.6 Å². The highest BCUT2D eigenvalue weighted by atomic mass is 19.1. The third-order valence-corrected chi connectivity index (χ3v) is 3.50. The molecule has 1 saturated heterocycles. The molecule has 0 unspecified atom stereocenters. The van der Waals surface area contributed by atoms with Crippen LogP contribution in [0.5, 0.6) is 0 Å². The number of carbonyl (C=O) groups excluding carboxylic acids is 1. The van der Waals surface area contributed by atoms with E-state index in [2.05, 4.69) is 0 Å². The van der Waals surface area contributed by atoms with Gasteiger partial charge in [0, 0.05) is 26.3 Å². The van der Waals surface area contributed by atoms with E-state index in [1.54, 1.807) is 25.1 Å². The van der Waals surface area contributed by atoms with Gasteiger partial charge in [-0.3, -0.25) is 4.79 Å². The number of hydrogen-bond acceptors (Lipinski definition) is 3. The second kappa shape index (κ2) is 5.48. The Balaban J connectivity index is 2.27. The molecule has 0 radical (unpaired) electrons. The summed E-state index contributed by atoms with van der Waals surface area (Å²) in [6.45, 7) is 0.352. The zero-order valence-corrected chi connectivity index (χ0v) is 11.5. The van der Waals surface area contributed by atoms with Gasteiger partial charge in [0.15, 0.2) is 0 Å². The van der Waals surface area contributed by atoms with Gasteiger partial charge in [-0.2, -0.15) is 0 Å². The topological polar surface area (TPSA) is 60.9 Å². The van der Waals surface area contributed by atoms with E-state index < -0.39 is 23.7 Å². The summed E-state index contributed by atoms with van der Waals surface area (Å²) in [6, 6.07) is 3.47. The molecule has 1 amide bonds. The fraction of sp³-hybridized carbons (Fsp3) is 0.429. The second-order valence-corrected chi connectivity index (χ2v) is 5.05. The van der Waals surface area contributed by atoms with Crippen molar-refractivity contribution in [2.45, 2.75) is 18.9 Å². The molecule has 108 valence electrons. The monoisotopic (exact) mass is 280 g/mol. The minimum Gasteiger partial charge on any atom is -0.480 e. The highest BCUT2D eigenvalue weighted by molar-refractivity contribution is 5.97. The average Bonchev–Trinajstić information content (AvgIpc) is 2.87. The fourth-order valence-corrected chi connectivity index (χ4v) is 2.38. The molecule has 5 nitrogen and oxygen atoms in total. The van der Waals surface area contributed by atoms with Crippen LogP contribution in [0.4, 0.5) is 10.1 Å². The van der Waals surface area contributed by atoms with Crippen LogP contribution in [-0.2, 0) is 4.79 Å². The first kappa shape index (κ1) is 14.3. The summed E-state index contributed by atoms with van der Waals surface area (Å²) in [6.07, 6.45) is 1.04. The molecule has 1 heterocycles. The summed E-state index contributed by atoms with van der Waals surface area (Å²) in [7, 11) is 3.55. The molecule has 0 aliphatic carbocycles. The first-order valence-corrected chi connectivity index (χ1v) is 6.42. The van der Waals surface area contributed by atoms with E-state index in [-0.39, 0.29) is 5.56 Å². The molecule has 0 aromatic heterocycles. The van der Waals surface area contributed by atoms with Gasteiger partial charge in [0.1, 0.15) is 11.9 Å². The van der Waals surface area contributed by atoms with E-state index in [1.807, 2.05) is 0 Å². The Morgan fingerprint density at radius 1 is 1.40 bits per heavy atom. The Morgan fingerprint density at radius 3 is 2.65 bits per heavy atom. The van der Waals surface area contributed by atoms with Gasteiger partial charge in [0.25, 0.3) is 5.91 Å². The van der Waals surface area contributed by atoms with E-state index in [0.717, 1.165) is 0 Å². The van der Waals surface area contributed by atoms with Crippen molar-refractivity contribution in [3.63, 3.8) is 0 Å². The Bertz CT molecular complexity index is 545. The number of carbonyl (C=O) groups is 2. The fourth-order valence-electron chi connectivity index (χ4n) is 2.38. The lowest BCUT2D eigenvalue weighted by molar-refractivity contribution is -0.141. The predicted molar refractivity (Wildman–Crippen MR) is 72.4 cm³/mol. The van der Waals surface area contributed by atoms with Gasteiger partial charge < -0.3 is 14.9 Å². The van der Waals surface area contributed by atoms with Crippen molar-refractivity contribution < 1.29 is 19.1 Å². The summed E-state index contributed by atoms with van der Waals surface area (Å²) >= 11 is 0. The summed E-state index contributed by atoms with van der Waals surface area (Å²) in [5.41, 5.74) is 0.569. The van der Waals surface area contributed by atoms with Crippen LogP contribution in [0.1, 0.15) is 23.2 Å². The van der Waals surface area contributed by atoms with Gasteiger partial charge in [-0.05, 0) is 31.0 Å². The second-order valence-electron chi connectivity index (χ2n) is 5.05. The van der Waals surface area contributed by atoms with Gasteiger partial charge in [-0.25, -0.2) is 9.18 Å². The Labute approximate surface area is 116 Å². The smallest absolute Gasteiger partial charge is 0.326 e.